The number of ether oxygens (including phenoxy) is 2. The van der Waals surface area contributed by atoms with E-state index in [-0.39, 0.29) is 31.7 Å². The third kappa shape index (κ3) is 10.8. The van der Waals surface area contributed by atoms with Crippen molar-refractivity contribution in [3.63, 3.8) is 0 Å². The normalized spacial score (nSPS) is 13.9. The van der Waals surface area contributed by atoms with Gasteiger partial charge in [-0.15, -0.1) is 0 Å². The molecule has 2 aromatic carbocycles. The zero-order chi connectivity index (χ0) is 38.7. The second-order valence-corrected chi connectivity index (χ2v) is 12.9. The molecule has 1 aliphatic heterocycles. The van der Waals surface area contributed by atoms with Gasteiger partial charge in [-0.2, -0.15) is 10.5 Å². The number of rotatable bonds is 13. The highest BCUT2D eigenvalue weighted by Crippen LogP contribution is 2.35. The van der Waals surface area contributed by atoms with E-state index in [4.69, 9.17) is 25.1 Å². The summed E-state index contributed by atoms with van der Waals surface area (Å²) < 4.78 is 11.7. The minimum Gasteiger partial charge on any atom is -0.506 e. The first-order chi connectivity index (χ1) is 25.2. The largest absolute Gasteiger partial charge is 0.506 e. The second-order valence-electron chi connectivity index (χ2n) is 12.9. The number of benzene rings is 2. The third-order valence-electron chi connectivity index (χ3n) is 8.62. The fourth-order valence-corrected chi connectivity index (χ4v) is 5.67. The number of carboxylic acids is 2. The molecule has 5 rings (SSSR count). The van der Waals surface area contributed by atoms with E-state index in [0.717, 1.165) is 33.7 Å². The number of aliphatic hydroxyl groups excluding tert-OH is 1. The lowest BCUT2D eigenvalue weighted by molar-refractivity contribution is -0.180. The average Bonchev–Trinajstić information content (AvgIpc) is 3.14. The molecular formula is C39H42N6O8. The predicted octanol–water partition coefficient (Wildman–Crippen LogP) is 4.98. The van der Waals surface area contributed by atoms with Crippen LogP contribution >= 0.6 is 0 Å². The van der Waals surface area contributed by atoms with Crippen molar-refractivity contribution < 1.29 is 39.5 Å². The molecule has 2 unspecified atom stereocenters. The number of nitriles is 2. The number of pyridine rings is 2. The molecule has 2 atom stereocenters. The van der Waals surface area contributed by atoms with Crippen molar-refractivity contribution in [1.29, 1.82) is 10.5 Å². The number of fused-ring (bicyclic) bond motifs is 1. The van der Waals surface area contributed by atoms with Crippen molar-refractivity contribution in [2.45, 2.75) is 84.7 Å². The number of aliphatic carboxylic acids is 2. The van der Waals surface area contributed by atoms with Crippen LogP contribution in [-0.2, 0) is 40.6 Å². The lowest BCUT2D eigenvalue weighted by atomic mass is 10.0. The van der Waals surface area contributed by atoms with E-state index in [2.05, 4.69) is 26.7 Å². The number of nitrogens with zero attached hydrogens (tertiary/aromatic N) is 4. The molecule has 0 saturated carbocycles. The van der Waals surface area contributed by atoms with Gasteiger partial charge < -0.3 is 40.5 Å². The zero-order valence-corrected chi connectivity index (χ0v) is 29.9. The number of hydrogen-bond acceptors (Lipinski definition) is 12. The standard InChI is InChI=1S/C21H23N3O4.C18H19N3O4/c1-13-20-17(12-27-21(2,3)28-20)16(10-23-13)11-24-18(8-19(25)26)15-6-4-14(9-22)5-7-15;1-11-18(25)15(10-22)14(8-20-11)9-21-16(6-17(23)24)13-4-2-12(7-19)3-5-13/h4-7,10,18,24H,8,11-12H2,1-3H3,(H,25,26);2-5,8,16,21-22,25H,6,9-10H2,1H3,(H,23,24). The number of carbonyl (C=O) groups is 2. The lowest BCUT2D eigenvalue weighted by Gasteiger charge is -2.34. The molecule has 0 radical (unpaired) electrons. The van der Waals surface area contributed by atoms with Crippen LogP contribution < -0.4 is 15.4 Å². The first kappa shape index (κ1) is 39.9. The highest BCUT2D eigenvalue weighted by atomic mass is 16.7. The highest BCUT2D eigenvalue weighted by Gasteiger charge is 2.31. The van der Waals surface area contributed by atoms with E-state index in [1.54, 1.807) is 67.8 Å². The van der Waals surface area contributed by atoms with Crippen LogP contribution in [0.5, 0.6) is 11.5 Å². The maximum atomic E-state index is 11.3. The molecule has 0 spiro atoms. The molecule has 0 bridgehead atoms. The van der Waals surface area contributed by atoms with E-state index in [0.29, 0.717) is 41.1 Å². The molecule has 53 heavy (non-hydrogen) atoms. The summed E-state index contributed by atoms with van der Waals surface area (Å²) in [5.41, 5.74) is 6.57. The lowest BCUT2D eigenvalue weighted by Crippen LogP contribution is -2.36. The molecule has 0 fully saturated rings. The van der Waals surface area contributed by atoms with Crippen molar-refractivity contribution in [3.05, 3.63) is 117 Å². The first-order valence-electron chi connectivity index (χ1n) is 16.7. The van der Waals surface area contributed by atoms with Gasteiger partial charge in [-0.05, 0) is 60.4 Å². The summed E-state index contributed by atoms with van der Waals surface area (Å²) in [4.78, 5) is 31.0. The van der Waals surface area contributed by atoms with Crippen molar-refractivity contribution in [1.82, 2.24) is 20.6 Å². The van der Waals surface area contributed by atoms with Gasteiger partial charge in [0.2, 0.25) is 5.79 Å². The van der Waals surface area contributed by atoms with Crippen LogP contribution in [0.3, 0.4) is 0 Å². The van der Waals surface area contributed by atoms with Crippen LogP contribution in [0, 0.1) is 36.5 Å². The summed E-state index contributed by atoms with van der Waals surface area (Å²) in [6.45, 7) is 7.95. The number of aliphatic hydroxyl groups is 1. The maximum Gasteiger partial charge on any atom is 0.305 e. The Hall–Kier alpha value is -5.90. The molecule has 3 heterocycles. The van der Waals surface area contributed by atoms with Crippen molar-refractivity contribution in [2.24, 2.45) is 0 Å². The number of aromatic nitrogens is 2. The van der Waals surface area contributed by atoms with Gasteiger partial charge in [0.1, 0.15) is 11.5 Å². The molecule has 0 aliphatic carbocycles. The molecule has 0 saturated heterocycles. The molecule has 0 amide bonds. The van der Waals surface area contributed by atoms with Crippen molar-refractivity contribution in [3.8, 4) is 23.6 Å². The van der Waals surface area contributed by atoms with E-state index >= 15 is 0 Å². The number of carboxylic acid groups (broad SMARTS) is 2. The van der Waals surface area contributed by atoms with Crippen LogP contribution in [0.1, 0.15) is 94.7 Å². The SMILES string of the molecule is Cc1ncc(CNC(CC(=O)O)c2ccc(C#N)cc2)c(CO)c1O.Cc1ncc(CNC(CC(=O)O)c2ccc(C#N)cc2)c2c1OC(C)(C)OC2. The monoisotopic (exact) mass is 722 g/mol. The number of hydrogen-bond donors (Lipinski definition) is 6. The Morgan fingerprint density at radius 1 is 0.830 bits per heavy atom. The number of nitrogens with one attached hydrogen (secondary N) is 2. The van der Waals surface area contributed by atoms with E-state index in [1.165, 1.54) is 0 Å². The van der Waals surface area contributed by atoms with Gasteiger partial charge in [0.05, 0.1) is 60.7 Å². The number of aromatic hydroxyl groups is 1. The predicted molar refractivity (Wildman–Crippen MR) is 191 cm³/mol. The van der Waals surface area contributed by atoms with Crippen LogP contribution in [0.25, 0.3) is 0 Å². The van der Waals surface area contributed by atoms with Gasteiger partial charge in [-0.25, -0.2) is 0 Å². The van der Waals surface area contributed by atoms with Gasteiger partial charge in [-0.3, -0.25) is 19.6 Å². The van der Waals surface area contributed by atoms with Crippen LogP contribution in [0.4, 0.5) is 0 Å². The summed E-state index contributed by atoms with van der Waals surface area (Å²) in [6.07, 6.45) is 3.09. The Kier molecular flexibility index (Phi) is 13.6. The first-order valence-corrected chi connectivity index (χ1v) is 16.7. The van der Waals surface area contributed by atoms with Crippen molar-refractivity contribution in [2.75, 3.05) is 0 Å². The number of aryl methyl sites for hydroxylation is 2. The summed E-state index contributed by atoms with van der Waals surface area (Å²) in [5.74, 6) is -1.91. The second kappa shape index (κ2) is 18.0. The summed E-state index contributed by atoms with van der Waals surface area (Å²) in [6, 6.07) is 16.8. The van der Waals surface area contributed by atoms with Crippen LogP contribution in [0.15, 0.2) is 60.9 Å². The highest BCUT2D eigenvalue weighted by molar-refractivity contribution is 5.68. The molecule has 2 aromatic heterocycles. The Bertz CT molecular complexity index is 2000. The van der Waals surface area contributed by atoms with Gasteiger partial charge in [0, 0.05) is 62.5 Å². The Morgan fingerprint density at radius 3 is 1.77 bits per heavy atom. The molecule has 1 aliphatic rings. The molecule has 6 N–H and O–H groups in total. The van der Waals surface area contributed by atoms with E-state index < -0.39 is 29.8 Å². The van der Waals surface area contributed by atoms with Crippen molar-refractivity contribution >= 4 is 11.9 Å². The fraction of sp³-hybridized carbons (Fsp3) is 0.333. The molecule has 14 heteroatoms. The molecule has 276 valence electrons. The summed E-state index contributed by atoms with van der Waals surface area (Å²) in [5, 5.41) is 62.1. The van der Waals surface area contributed by atoms with Crippen LogP contribution in [-0.4, -0.2) is 48.1 Å². The average molecular weight is 723 g/mol. The topological polar surface area (TPSA) is 231 Å². The minimum atomic E-state index is -0.964. The quantitative estimate of drug-likeness (QED) is 0.107. The van der Waals surface area contributed by atoms with E-state index in [1.807, 2.05) is 26.8 Å². The van der Waals surface area contributed by atoms with Gasteiger partial charge >= 0.3 is 11.9 Å². The molecular weight excluding hydrogens is 680 g/mol. The Morgan fingerprint density at radius 2 is 1.30 bits per heavy atom. The maximum absolute atomic E-state index is 11.3. The van der Waals surface area contributed by atoms with Gasteiger partial charge in [-0.1, -0.05) is 24.3 Å². The zero-order valence-electron chi connectivity index (χ0n) is 29.9. The van der Waals surface area contributed by atoms with Gasteiger partial charge in [0.15, 0.2) is 0 Å². The smallest absolute Gasteiger partial charge is 0.305 e. The third-order valence-corrected chi connectivity index (χ3v) is 8.62. The summed E-state index contributed by atoms with van der Waals surface area (Å²) >= 11 is 0. The molecule has 4 aromatic rings. The minimum absolute atomic E-state index is 0.0602. The summed E-state index contributed by atoms with van der Waals surface area (Å²) in [7, 11) is 0. The van der Waals surface area contributed by atoms with Gasteiger partial charge in [0.25, 0.3) is 0 Å². The Balaban J connectivity index is 0.000000238. The molecule has 14 nitrogen and oxygen atoms in total. The van der Waals surface area contributed by atoms with Crippen LogP contribution in [0.2, 0.25) is 0 Å². The fourth-order valence-electron chi connectivity index (χ4n) is 5.67. The van der Waals surface area contributed by atoms with E-state index in [9.17, 15) is 24.9 Å². The Labute approximate surface area is 307 Å².